The Morgan fingerprint density at radius 2 is 1.89 bits per heavy atom. The smallest absolute Gasteiger partial charge is 0.209 e. The number of rotatable bonds is 2. The van der Waals surface area contributed by atoms with Crippen molar-refractivity contribution >= 4 is 6.41 Å². The number of likely N-dealkylation sites (tertiary alicyclic amines) is 2. The van der Waals surface area contributed by atoms with Crippen LogP contribution in [-0.4, -0.2) is 67.7 Å². The number of amides is 1. The van der Waals surface area contributed by atoms with E-state index in [-0.39, 0.29) is 6.04 Å². The van der Waals surface area contributed by atoms with Crippen LogP contribution in [0.1, 0.15) is 25.7 Å². The van der Waals surface area contributed by atoms with Gasteiger partial charge in [-0.3, -0.25) is 9.69 Å². The molecule has 3 heterocycles. The Morgan fingerprint density at radius 1 is 1.16 bits per heavy atom. The molecule has 2 N–H and O–H groups in total. The number of carbonyl (C=O) groups is 1. The zero-order valence-electron chi connectivity index (χ0n) is 11.6. The van der Waals surface area contributed by atoms with E-state index in [0.717, 1.165) is 45.6 Å². The topological polar surface area (TPSA) is 58.8 Å². The van der Waals surface area contributed by atoms with Crippen molar-refractivity contribution in [1.82, 2.24) is 9.80 Å². The predicted molar refractivity (Wildman–Crippen MR) is 72.7 cm³/mol. The minimum Gasteiger partial charge on any atom is -0.378 e. The fraction of sp³-hybridized carbons (Fsp3) is 0.929. The second-order valence-electron chi connectivity index (χ2n) is 6.55. The van der Waals surface area contributed by atoms with Gasteiger partial charge in [-0.15, -0.1) is 0 Å². The highest BCUT2D eigenvalue weighted by Crippen LogP contribution is 2.40. The summed E-state index contributed by atoms with van der Waals surface area (Å²) in [6.45, 7) is 5.72. The molecule has 0 aliphatic carbocycles. The molecule has 1 spiro atoms. The fourth-order valence-electron chi connectivity index (χ4n) is 3.93. The van der Waals surface area contributed by atoms with E-state index in [1.807, 2.05) is 4.90 Å². The van der Waals surface area contributed by atoms with Crippen LogP contribution in [0, 0.1) is 5.41 Å². The monoisotopic (exact) mass is 267 g/mol. The lowest BCUT2D eigenvalue weighted by Crippen LogP contribution is -2.52. The Hall–Kier alpha value is -0.650. The predicted octanol–water partition coefficient (Wildman–Crippen LogP) is 0.0469. The standard InChI is InChI=1S/C14H25N3O2/c15-12-7-13(9-19-8-12)17-5-2-14(3-6-17)1-4-16(10-14)11-18/h11-13H,1-10,15H2. The van der Waals surface area contributed by atoms with Crippen LogP contribution < -0.4 is 5.73 Å². The summed E-state index contributed by atoms with van der Waals surface area (Å²) < 4.78 is 5.58. The average molecular weight is 267 g/mol. The van der Waals surface area contributed by atoms with Crippen molar-refractivity contribution < 1.29 is 9.53 Å². The summed E-state index contributed by atoms with van der Waals surface area (Å²) in [6, 6.07) is 0.705. The molecule has 3 fully saturated rings. The van der Waals surface area contributed by atoms with Gasteiger partial charge in [-0.1, -0.05) is 0 Å². The lowest BCUT2D eigenvalue weighted by atomic mass is 9.77. The van der Waals surface area contributed by atoms with Crippen molar-refractivity contribution in [3.63, 3.8) is 0 Å². The van der Waals surface area contributed by atoms with Crippen LogP contribution in [0.25, 0.3) is 0 Å². The summed E-state index contributed by atoms with van der Waals surface area (Å²) in [6.07, 6.45) is 5.68. The zero-order chi connectivity index (χ0) is 13.3. The minimum atomic E-state index is 0.201. The summed E-state index contributed by atoms with van der Waals surface area (Å²) in [7, 11) is 0. The molecule has 3 aliphatic rings. The summed E-state index contributed by atoms with van der Waals surface area (Å²) in [5.74, 6) is 0. The highest BCUT2D eigenvalue weighted by molar-refractivity contribution is 5.47. The van der Waals surface area contributed by atoms with Gasteiger partial charge in [-0.05, 0) is 44.2 Å². The van der Waals surface area contributed by atoms with Gasteiger partial charge in [-0.2, -0.15) is 0 Å². The number of carbonyl (C=O) groups excluding carboxylic acids is 1. The van der Waals surface area contributed by atoms with Gasteiger partial charge in [0.05, 0.1) is 13.2 Å². The average Bonchev–Trinajstić information content (AvgIpc) is 2.83. The normalized spacial score (nSPS) is 35.7. The molecule has 0 aromatic rings. The van der Waals surface area contributed by atoms with E-state index in [4.69, 9.17) is 10.5 Å². The van der Waals surface area contributed by atoms with Gasteiger partial charge in [0, 0.05) is 25.2 Å². The van der Waals surface area contributed by atoms with Crippen molar-refractivity contribution in [2.24, 2.45) is 11.1 Å². The molecule has 0 radical (unpaired) electrons. The molecule has 5 nitrogen and oxygen atoms in total. The van der Waals surface area contributed by atoms with Gasteiger partial charge < -0.3 is 15.4 Å². The Balaban J connectivity index is 1.53. The first kappa shape index (κ1) is 13.3. The minimum absolute atomic E-state index is 0.201. The molecule has 108 valence electrons. The molecule has 3 rings (SSSR count). The summed E-state index contributed by atoms with van der Waals surface area (Å²) in [4.78, 5) is 15.4. The Morgan fingerprint density at radius 3 is 2.53 bits per heavy atom. The van der Waals surface area contributed by atoms with Gasteiger partial charge in [0.1, 0.15) is 0 Å². The molecule has 0 saturated carbocycles. The molecule has 0 bridgehead atoms. The number of nitrogens with zero attached hydrogens (tertiary/aromatic N) is 2. The Bertz CT molecular complexity index is 329. The largest absolute Gasteiger partial charge is 0.378 e. The van der Waals surface area contributed by atoms with Crippen LogP contribution in [0.15, 0.2) is 0 Å². The van der Waals surface area contributed by atoms with Gasteiger partial charge in [0.25, 0.3) is 0 Å². The number of ether oxygens (including phenoxy) is 1. The third kappa shape index (κ3) is 2.78. The Kier molecular flexibility index (Phi) is 3.78. The molecule has 3 aliphatic heterocycles. The number of hydrogen-bond donors (Lipinski definition) is 1. The Labute approximate surface area is 115 Å². The third-order valence-corrected chi connectivity index (χ3v) is 5.21. The second kappa shape index (κ2) is 5.38. The molecule has 2 unspecified atom stereocenters. The van der Waals surface area contributed by atoms with Gasteiger partial charge in [-0.25, -0.2) is 0 Å². The van der Waals surface area contributed by atoms with E-state index >= 15 is 0 Å². The molecule has 19 heavy (non-hydrogen) atoms. The van der Waals surface area contributed by atoms with Gasteiger partial charge in [0.15, 0.2) is 0 Å². The SMILES string of the molecule is NC1COCC(N2CCC3(CCN(C=O)C3)CC2)C1. The number of nitrogens with two attached hydrogens (primary N) is 1. The van der Waals surface area contributed by atoms with Crippen molar-refractivity contribution in [3.05, 3.63) is 0 Å². The van der Waals surface area contributed by atoms with Gasteiger partial charge in [0.2, 0.25) is 6.41 Å². The van der Waals surface area contributed by atoms with Crippen molar-refractivity contribution in [3.8, 4) is 0 Å². The van der Waals surface area contributed by atoms with E-state index in [1.165, 1.54) is 19.3 Å². The number of hydrogen-bond acceptors (Lipinski definition) is 4. The zero-order valence-corrected chi connectivity index (χ0v) is 11.6. The van der Waals surface area contributed by atoms with Crippen LogP contribution in [0.2, 0.25) is 0 Å². The van der Waals surface area contributed by atoms with Crippen LogP contribution >= 0.6 is 0 Å². The van der Waals surface area contributed by atoms with Crippen molar-refractivity contribution in [1.29, 1.82) is 0 Å². The van der Waals surface area contributed by atoms with E-state index in [0.29, 0.717) is 18.1 Å². The van der Waals surface area contributed by atoms with E-state index in [2.05, 4.69) is 4.90 Å². The van der Waals surface area contributed by atoms with E-state index in [1.54, 1.807) is 0 Å². The summed E-state index contributed by atoms with van der Waals surface area (Å²) in [5.41, 5.74) is 6.38. The lowest BCUT2D eigenvalue weighted by molar-refractivity contribution is -0.117. The summed E-state index contributed by atoms with van der Waals surface area (Å²) in [5, 5.41) is 0. The number of piperidine rings is 1. The summed E-state index contributed by atoms with van der Waals surface area (Å²) >= 11 is 0. The maximum Gasteiger partial charge on any atom is 0.209 e. The van der Waals surface area contributed by atoms with Crippen molar-refractivity contribution in [2.45, 2.75) is 37.8 Å². The van der Waals surface area contributed by atoms with E-state index < -0.39 is 0 Å². The molecule has 1 amide bonds. The lowest BCUT2D eigenvalue weighted by Gasteiger charge is -2.44. The highest BCUT2D eigenvalue weighted by atomic mass is 16.5. The maximum absolute atomic E-state index is 10.9. The highest BCUT2D eigenvalue weighted by Gasteiger charge is 2.41. The van der Waals surface area contributed by atoms with Crippen LogP contribution in [0.5, 0.6) is 0 Å². The maximum atomic E-state index is 10.9. The third-order valence-electron chi connectivity index (χ3n) is 5.21. The molecular weight excluding hydrogens is 242 g/mol. The van der Waals surface area contributed by atoms with Gasteiger partial charge >= 0.3 is 0 Å². The fourth-order valence-corrected chi connectivity index (χ4v) is 3.93. The molecule has 0 aromatic carbocycles. The molecule has 0 aromatic heterocycles. The van der Waals surface area contributed by atoms with Crippen molar-refractivity contribution in [2.75, 3.05) is 39.4 Å². The molecule has 2 atom stereocenters. The van der Waals surface area contributed by atoms with Crippen LogP contribution in [-0.2, 0) is 9.53 Å². The van der Waals surface area contributed by atoms with Crippen LogP contribution in [0.4, 0.5) is 0 Å². The van der Waals surface area contributed by atoms with E-state index in [9.17, 15) is 4.79 Å². The second-order valence-corrected chi connectivity index (χ2v) is 6.55. The molecular formula is C14H25N3O2. The first-order valence-corrected chi connectivity index (χ1v) is 7.47. The first-order valence-electron chi connectivity index (χ1n) is 7.47. The molecule has 5 heteroatoms. The quantitative estimate of drug-likeness (QED) is 0.718. The van der Waals surface area contributed by atoms with Crippen LogP contribution in [0.3, 0.4) is 0 Å². The molecule has 3 saturated heterocycles. The first-order chi connectivity index (χ1) is 9.21.